The molecule has 6 heteroatoms. The maximum Gasteiger partial charge on any atom is 0.222 e. The normalized spacial score (nSPS) is 10.4. The minimum absolute atomic E-state index is 0.0339. The first-order chi connectivity index (χ1) is 12.3. The molecule has 0 aliphatic rings. The molecule has 1 amide bonds. The number of carbonyl (C=O) groups is 1. The predicted octanol–water partition coefficient (Wildman–Crippen LogP) is 2.56. The van der Waals surface area contributed by atoms with Gasteiger partial charge in [0.1, 0.15) is 6.61 Å². The predicted molar refractivity (Wildman–Crippen MR) is 93.7 cm³/mol. The Balaban J connectivity index is 1.51. The van der Waals surface area contributed by atoms with Crippen LogP contribution in [0.4, 0.5) is 0 Å². The summed E-state index contributed by atoms with van der Waals surface area (Å²) in [4.78, 5) is 16.3. The van der Waals surface area contributed by atoms with Gasteiger partial charge in [-0.15, -0.1) is 0 Å². The van der Waals surface area contributed by atoms with Crippen molar-refractivity contribution in [3.8, 4) is 5.88 Å². The van der Waals surface area contributed by atoms with Crippen LogP contribution in [0.15, 0.2) is 67.1 Å². The standard InChI is InChI=1S/C19H20N4O2/c24-18(9-13-23-12-5-11-22-23)21-14-17-8-4-10-20-19(17)25-15-16-6-2-1-3-7-16/h1-8,10-12H,9,13-15H2,(H,21,24). The molecule has 0 spiro atoms. The number of nitrogens with one attached hydrogen (secondary N) is 1. The molecule has 0 bridgehead atoms. The van der Waals surface area contributed by atoms with Crippen LogP contribution in [0, 0.1) is 0 Å². The van der Waals surface area contributed by atoms with Gasteiger partial charge in [-0.25, -0.2) is 4.98 Å². The Morgan fingerprint density at radius 2 is 1.96 bits per heavy atom. The van der Waals surface area contributed by atoms with Gasteiger partial charge in [0.05, 0.1) is 0 Å². The Bertz CT molecular complexity index is 788. The first-order valence-electron chi connectivity index (χ1n) is 8.16. The van der Waals surface area contributed by atoms with Crippen LogP contribution in [0.3, 0.4) is 0 Å². The van der Waals surface area contributed by atoms with Crippen molar-refractivity contribution >= 4 is 5.91 Å². The molecule has 25 heavy (non-hydrogen) atoms. The average molecular weight is 336 g/mol. The second kappa shape index (κ2) is 8.63. The molecule has 2 heterocycles. The third kappa shape index (κ3) is 5.17. The summed E-state index contributed by atoms with van der Waals surface area (Å²) < 4.78 is 7.53. The van der Waals surface area contributed by atoms with Crippen molar-refractivity contribution in [2.24, 2.45) is 0 Å². The number of nitrogens with zero attached hydrogens (tertiary/aromatic N) is 3. The number of ether oxygens (including phenoxy) is 1. The third-order valence-corrected chi connectivity index (χ3v) is 3.67. The van der Waals surface area contributed by atoms with Gasteiger partial charge in [0.15, 0.2) is 0 Å². The molecular weight excluding hydrogens is 316 g/mol. The number of hydrogen-bond donors (Lipinski definition) is 1. The topological polar surface area (TPSA) is 69.0 Å². The fourth-order valence-electron chi connectivity index (χ4n) is 2.35. The van der Waals surface area contributed by atoms with Crippen molar-refractivity contribution in [2.45, 2.75) is 26.1 Å². The Morgan fingerprint density at radius 1 is 1.08 bits per heavy atom. The maximum atomic E-state index is 12.0. The second-order valence-corrected chi connectivity index (χ2v) is 5.54. The van der Waals surface area contributed by atoms with Crippen LogP contribution < -0.4 is 10.1 Å². The van der Waals surface area contributed by atoms with Crippen molar-refractivity contribution in [3.05, 3.63) is 78.2 Å². The van der Waals surface area contributed by atoms with Crippen molar-refractivity contribution in [1.29, 1.82) is 0 Å². The lowest BCUT2D eigenvalue weighted by molar-refractivity contribution is -0.121. The molecule has 0 radical (unpaired) electrons. The molecule has 128 valence electrons. The summed E-state index contributed by atoms with van der Waals surface area (Å²) in [7, 11) is 0. The first-order valence-corrected chi connectivity index (χ1v) is 8.16. The highest BCUT2D eigenvalue weighted by molar-refractivity contribution is 5.75. The van der Waals surface area contributed by atoms with E-state index in [1.54, 1.807) is 17.1 Å². The van der Waals surface area contributed by atoms with Gasteiger partial charge in [0.25, 0.3) is 0 Å². The molecule has 0 aliphatic heterocycles. The molecule has 0 saturated heterocycles. The fourth-order valence-corrected chi connectivity index (χ4v) is 2.35. The van der Waals surface area contributed by atoms with Crippen molar-refractivity contribution in [3.63, 3.8) is 0 Å². The van der Waals surface area contributed by atoms with Gasteiger partial charge in [-0.3, -0.25) is 9.48 Å². The number of amides is 1. The van der Waals surface area contributed by atoms with E-state index in [1.807, 2.05) is 54.7 Å². The minimum Gasteiger partial charge on any atom is -0.473 e. The molecule has 0 aliphatic carbocycles. The summed E-state index contributed by atoms with van der Waals surface area (Å²) in [6.07, 6.45) is 5.60. The molecule has 0 fully saturated rings. The lowest BCUT2D eigenvalue weighted by Crippen LogP contribution is -2.24. The van der Waals surface area contributed by atoms with Crippen LogP contribution in [0.2, 0.25) is 0 Å². The Labute approximate surface area is 146 Å². The summed E-state index contributed by atoms with van der Waals surface area (Å²) in [5, 5.41) is 6.98. The molecule has 1 N–H and O–H groups in total. The van der Waals surface area contributed by atoms with Gasteiger partial charge in [-0.1, -0.05) is 36.4 Å². The Morgan fingerprint density at radius 3 is 2.76 bits per heavy atom. The van der Waals surface area contributed by atoms with E-state index in [0.717, 1.165) is 11.1 Å². The summed E-state index contributed by atoms with van der Waals surface area (Å²) >= 11 is 0. The molecule has 0 atom stereocenters. The SMILES string of the molecule is O=C(CCn1cccn1)NCc1cccnc1OCc1ccccc1. The molecule has 3 rings (SSSR count). The number of benzene rings is 1. The summed E-state index contributed by atoms with van der Waals surface area (Å²) in [5.74, 6) is 0.507. The van der Waals surface area contributed by atoms with E-state index in [0.29, 0.717) is 32.0 Å². The second-order valence-electron chi connectivity index (χ2n) is 5.54. The molecule has 3 aromatic rings. The van der Waals surface area contributed by atoms with Gasteiger partial charge in [-0.05, 0) is 17.7 Å². The average Bonchev–Trinajstić information content (AvgIpc) is 3.18. The van der Waals surface area contributed by atoms with Gasteiger partial charge in [-0.2, -0.15) is 5.10 Å². The number of hydrogen-bond acceptors (Lipinski definition) is 4. The van der Waals surface area contributed by atoms with Crippen LogP contribution in [0.1, 0.15) is 17.5 Å². The quantitative estimate of drug-likeness (QED) is 0.686. The van der Waals surface area contributed by atoms with Crippen molar-refractivity contribution < 1.29 is 9.53 Å². The maximum absolute atomic E-state index is 12.0. The third-order valence-electron chi connectivity index (χ3n) is 3.67. The smallest absolute Gasteiger partial charge is 0.222 e. The van der Waals surface area contributed by atoms with E-state index in [2.05, 4.69) is 15.4 Å². The van der Waals surface area contributed by atoms with Gasteiger partial charge in [0.2, 0.25) is 11.8 Å². The zero-order valence-corrected chi connectivity index (χ0v) is 13.8. The zero-order valence-electron chi connectivity index (χ0n) is 13.8. The van der Waals surface area contributed by atoms with Gasteiger partial charge >= 0.3 is 0 Å². The van der Waals surface area contributed by atoms with Crippen LogP contribution in [-0.2, 0) is 24.5 Å². The van der Waals surface area contributed by atoms with E-state index < -0.39 is 0 Å². The Kier molecular flexibility index (Phi) is 5.77. The van der Waals surface area contributed by atoms with Crippen molar-refractivity contribution in [1.82, 2.24) is 20.1 Å². The zero-order chi connectivity index (χ0) is 17.3. The van der Waals surface area contributed by atoms with Crippen LogP contribution in [0.5, 0.6) is 5.88 Å². The fraction of sp³-hybridized carbons (Fsp3) is 0.211. The summed E-state index contributed by atoms with van der Waals surface area (Å²) in [6.45, 7) is 1.39. The van der Waals surface area contributed by atoms with E-state index in [-0.39, 0.29) is 5.91 Å². The number of carbonyl (C=O) groups excluding carboxylic acids is 1. The first kappa shape index (κ1) is 16.7. The van der Waals surface area contributed by atoms with E-state index in [9.17, 15) is 4.79 Å². The van der Waals surface area contributed by atoms with Gasteiger partial charge in [0, 0.05) is 43.7 Å². The molecule has 6 nitrogen and oxygen atoms in total. The van der Waals surface area contributed by atoms with Crippen LogP contribution in [-0.4, -0.2) is 20.7 Å². The van der Waals surface area contributed by atoms with Crippen LogP contribution >= 0.6 is 0 Å². The number of pyridine rings is 1. The summed E-state index contributed by atoms with van der Waals surface area (Å²) in [6, 6.07) is 15.5. The number of aryl methyl sites for hydroxylation is 1. The van der Waals surface area contributed by atoms with Crippen LogP contribution in [0.25, 0.3) is 0 Å². The Hall–Kier alpha value is -3.15. The lowest BCUT2D eigenvalue weighted by atomic mass is 10.2. The highest BCUT2D eigenvalue weighted by atomic mass is 16.5. The molecular formula is C19H20N4O2. The number of aromatic nitrogens is 3. The van der Waals surface area contributed by atoms with E-state index in [1.165, 1.54) is 0 Å². The minimum atomic E-state index is -0.0339. The van der Waals surface area contributed by atoms with E-state index >= 15 is 0 Å². The molecule has 1 aromatic carbocycles. The molecule has 0 saturated carbocycles. The molecule has 2 aromatic heterocycles. The highest BCUT2D eigenvalue weighted by Gasteiger charge is 2.08. The van der Waals surface area contributed by atoms with Crippen molar-refractivity contribution in [2.75, 3.05) is 0 Å². The highest BCUT2D eigenvalue weighted by Crippen LogP contribution is 2.16. The summed E-state index contributed by atoms with van der Waals surface area (Å²) in [5.41, 5.74) is 1.92. The largest absolute Gasteiger partial charge is 0.473 e. The van der Waals surface area contributed by atoms with E-state index in [4.69, 9.17) is 4.74 Å². The molecule has 0 unspecified atom stereocenters. The van der Waals surface area contributed by atoms with Gasteiger partial charge < -0.3 is 10.1 Å². The lowest BCUT2D eigenvalue weighted by Gasteiger charge is -2.11. The monoisotopic (exact) mass is 336 g/mol. The number of rotatable bonds is 8.